The van der Waals surface area contributed by atoms with Crippen LogP contribution in [0.3, 0.4) is 0 Å². The molecule has 0 aromatic heterocycles. The van der Waals surface area contributed by atoms with E-state index in [9.17, 15) is 14.3 Å². The highest BCUT2D eigenvalue weighted by Gasteiger charge is 2.16. The molecule has 0 atom stereocenters. The number of phenolic OH excluding ortho intramolecular Hbond substituents is 1. The van der Waals surface area contributed by atoms with Gasteiger partial charge < -0.3 is 20.9 Å². The van der Waals surface area contributed by atoms with Gasteiger partial charge in [0.05, 0.1) is 12.8 Å². The van der Waals surface area contributed by atoms with Gasteiger partial charge in [-0.05, 0) is 24.3 Å². The highest BCUT2D eigenvalue weighted by atomic mass is 19.1. The van der Waals surface area contributed by atoms with Crippen LogP contribution in [0.4, 0.5) is 15.8 Å². The summed E-state index contributed by atoms with van der Waals surface area (Å²) in [5.41, 5.74) is 6.03. The number of carbonyl (C=O) groups is 1. The summed E-state index contributed by atoms with van der Waals surface area (Å²) in [4.78, 5) is 12.0. The number of phenols is 1. The fourth-order valence-corrected chi connectivity index (χ4v) is 1.72. The second kappa shape index (κ2) is 5.48. The summed E-state index contributed by atoms with van der Waals surface area (Å²) in [6.07, 6.45) is 0. The Balaban J connectivity index is 2.28. The van der Waals surface area contributed by atoms with E-state index >= 15 is 0 Å². The largest absolute Gasteiger partial charge is 0.507 e. The fourth-order valence-electron chi connectivity index (χ4n) is 1.72. The number of nitrogens with two attached hydrogens (primary N) is 1. The molecule has 2 aromatic carbocycles. The number of halogens is 1. The monoisotopic (exact) mass is 276 g/mol. The van der Waals surface area contributed by atoms with Crippen LogP contribution >= 0.6 is 0 Å². The summed E-state index contributed by atoms with van der Waals surface area (Å²) >= 11 is 0. The molecule has 5 nitrogen and oxygen atoms in total. The van der Waals surface area contributed by atoms with Crippen molar-refractivity contribution in [1.82, 2.24) is 0 Å². The molecule has 2 aromatic rings. The van der Waals surface area contributed by atoms with Crippen molar-refractivity contribution in [2.24, 2.45) is 0 Å². The number of methoxy groups -OCH3 is 1. The Morgan fingerprint density at radius 3 is 2.75 bits per heavy atom. The van der Waals surface area contributed by atoms with Gasteiger partial charge in [0.1, 0.15) is 22.9 Å². The number of aromatic hydroxyl groups is 1. The number of hydrogen-bond acceptors (Lipinski definition) is 4. The molecule has 1 amide bonds. The standard InChI is InChI=1S/C14H13FN2O3/c1-20-12-7-8(5-6-10(12)16)17-14(19)13-9(15)3-2-4-11(13)18/h2-7,18H,16H2,1H3,(H,17,19). The molecule has 0 saturated carbocycles. The van der Waals surface area contributed by atoms with Gasteiger partial charge in [0.15, 0.2) is 0 Å². The molecular formula is C14H13FN2O3. The molecule has 0 saturated heterocycles. The Bertz CT molecular complexity index is 639. The van der Waals surface area contributed by atoms with E-state index in [2.05, 4.69) is 5.32 Å². The number of anilines is 2. The lowest BCUT2D eigenvalue weighted by molar-refractivity contribution is 0.102. The zero-order chi connectivity index (χ0) is 14.7. The second-order valence-electron chi connectivity index (χ2n) is 4.04. The van der Waals surface area contributed by atoms with E-state index in [0.29, 0.717) is 17.1 Å². The minimum absolute atomic E-state index is 0.378. The topological polar surface area (TPSA) is 84.6 Å². The SMILES string of the molecule is COc1cc(NC(=O)c2c(O)cccc2F)ccc1N. The summed E-state index contributed by atoms with van der Waals surface area (Å²) in [5.74, 6) is -1.59. The summed E-state index contributed by atoms with van der Waals surface area (Å²) in [6, 6.07) is 8.25. The highest BCUT2D eigenvalue weighted by molar-refractivity contribution is 6.06. The lowest BCUT2D eigenvalue weighted by Gasteiger charge is -2.10. The number of amides is 1. The normalized spacial score (nSPS) is 10.1. The van der Waals surface area contributed by atoms with Crippen molar-refractivity contribution >= 4 is 17.3 Å². The van der Waals surface area contributed by atoms with Crippen molar-refractivity contribution in [3.8, 4) is 11.5 Å². The van der Waals surface area contributed by atoms with E-state index in [-0.39, 0.29) is 0 Å². The first kappa shape index (κ1) is 13.7. The van der Waals surface area contributed by atoms with Gasteiger partial charge in [0.25, 0.3) is 5.91 Å². The molecule has 0 radical (unpaired) electrons. The van der Waals surface area contributed by atoms with Crippen LogP contribution in [0.2, 0.25) is 0 Å². The van der Waals surface area contributed by atoms with Crippen molar-refractivity contribution in [3.05, 3.63) is 47.8 Å². The fraction of sp³-hybridized carbons (Fsp3) is 0.0714. The predicted molar refractivity (Wildman–Crippen MR) is 73.4 cm³/mol. The quantitative estimate of drug-likeness (QED) is 0.751. The first-order chi connectivity index (χ1) is 9.52. The smallest absolute Gasteiger partial charge is 0.262 e. The summed E-state index contributed by atoms with van der Waals surface area (Å²) in [7, 11) is 1.44. The first-order valence-corrected chi connectivity index (χ1v) is 5.75. The van der Waals surface area contributed by atoms with Crippen LogP contribution in [0.15, 0.2) is 36.4 Å². The maximum Gasteiger partial charge on any atom is 0.262 e. The van der Waals surface area contributed by atoms with Crippen molar-refractivity contribution in [2.75, 3.05) is 18.2 Å². The molecular weight excluding hydrogens is 263 g/mol. The third-order valence-electron chi connectivity index (χ3n) is 2.71. The van der Waals surface area contributed by atoms with Crippen LogP contribution in [0.25, 0.3) is 0 Å². The van der Waals surface area contributed by atoms with Gasteiger partial charge in [0.2, 0.25) is 0 Å². The maximum atomic E-state index is 13.5. The third kappa shape index (κ3) is 2.64. The van der Waals surface area contributed by atoms with Crippen LogP contribution in [-0.2, 0) is 0 Å². The number of hydrogen-bond donors (Lipinski definition) is 3. The minimum atomic E-state index is -0.801. The molecule has 4 N–H and O–H groups in total. The van der Waals surface area contributed by atoms with Gasteiger partial charge in [-0.3, -0.25) is 4.79 Å². The zero-order valence-electron chi connectivity index (χ0n) is 10.7. The molecule has 0 spiro atoms. The molecule has 20 heavy (non-hydrogen) atoms. The number of ether oxygens (including phenoxy) is 1. The molecule has 0 fully saturated rings. The molecule has 104 valence electrons. The first-order valence-electron chi connectivity index (χ1n) is 5.75. The van der Waals surface area contributed by atoms with Crippen LogP contribution in [0.1, 0.15) is 10.4 Å². The maximum absolute atomic E-state index is 13.5. The van der Waals surface area contributed by atoms with Crippen molar-refractivity contribution in [3.63, 3.8) is 0 Å². The molecule has 0 aliphatic carbocycles. The molecule has 0 aliphatic rings. The number of benzene rings is 2. The van der Waals surface area contributed by atoms with Crippen molar-refractivity contribution in [2.45, 2.75) is 0 Å². The number of nitrogens with one attached hydrogen (secondary N) is 1. The third-order valence-corrected chi connectivity index (χ3v) is 2.71. The Morgan fingerprint density at radius 2 is 2.10 bits per heavy atom. The summed E-state index contributed by atoms with van der Waals surface area (Å²) in [6.45, 7) is 0. The Morgan fingerprint density at radius 1 is 1.35 bits per heavy atom. The van der Waals surface area contributed by atoms with Crippen LogP contribution in [0.5, 0.6) is 11.5 Å². The molecule has 0 aliphatic heterocycles. The Kier molecular flexibility index (Phi) is 3.74. The Hall–Kier alpha value is -2.76. The van der Waals surface area contributed by atoms with Gasteiger partial charge in [-0.1, -0.05) is 6.07 Å². The van der Waals surface area contributed by atoms with Gasteiger partial charge in [-0.15, -0.1) is 0 Å². The molecule has 0 unspecified atom stereocenters. The van der Waals surface area contributed by atoms with E-state index in [1.807, 2.05) is 0 Å². The summed E-state index contributed by atoms with van der Waals surface area (Å²) < 4.78 is 18.6. The van der Waals surface area contributed by atoms with E-state index in [4.69, 9.17) is 10.5 Å². The second-order valence-corrected chi connectivity index (χ2v) is 4.04. The van der Waals surface area contributed by atoms with E-state index < -0.39 is 23.0 Å². The number of carbonyl (C=O) groups excluding carboxylic acids is 1. The highest BCUT2D eigenvalue weighted by Crippen LogP contribution is 2.26. The van der Waals surface area contributed by atoms with Gasteiger partial charge in [-0.2, -0.15) is 0 Å². The lowest BCUT2D eigenvalue weighted by atomic mass is 10.1. The lowest BCUT2D eigenvalue weighted by Crippen LogP contribution is -2.14. The predicted octanol–water partition coefficient (Wildman–Crippen LogP) is 2.37. The van der Waals surface area contributed by atoms with E-state index in [1.54, 1.807) is 12.1 Å². The zero-order valence-corrected chi connectivity index (χ0v) is 10.7. The van der Waals surface area contributed by atoms with Gasteiger partial charge in [-0.25, -0.2) is 4.39 Å². The number of nitrogen functional groups attached to an aromatic ring is 1. The van der Waals surface area contributed by atoms with Gasteiger partial charge in [0, 0.05) is 11.8 Å². The van der Waals surface area contributed by atoms with Crippen LogP contribution in [-0.4, -0.2) is 18.1 Å². The molecule has 0 bridgehead atoms. The van der Waals surface area contributed by atoms with Crippen molar-refractivity contribution < 1.29 is 19.0 Å². The van der Waals surface area contributed by atoms with Crippen LogP contribution < -0.4 is 15.8 Å². The average Bonchev–Trinajstić information content (AvgIpc) is 2.40. The minimum Gasteiger partial charge on any atom is -0.507 e. The van der Waals surface area contributed by atoms with Crippen molar-refractivity contribution in [1.29, 1.82) is 0 Å². The van der Waals surface area contributed by atoms with E-state index in [0.717, 1.165) is 6.07 Å². The average molecular weight is 276 g/mol. The van der Waals surface area contributed by atoms with Gasteiger partial charge >= 0.3 is 0 Å². The molecule has 0 heterocycles. The van der Waals surface area contributed by atoms with E-state index in [1.165, 1.54) is 25.3 Å². The molecule has 6 heteroatoms. The summed E-state index contributed by atoms with van der Waals surface area (Å²) in [5, 5.41) is 12.0. The molecule has 2 rings (SSSR count). The number of rotatable bonds is 3. The van der Waals surface area contributed by atoms with Crippen LogP contribution in [0, 0.1) is 5.82 Å². The Labute approximate surface area is 114 Å².